The Balaban J connectivity index is 1.48. The molecule has 1 aliphatic carbocycles. The molecule has 2 heterocycles. The monoisotopic (exact) mass is 466 g/mol. The second kappa shape index (κ2) is 8.16. The molecule has 7 nitrogen and oxygen atoms in total. The van der Waals surface area contributed by atoms with Crippen molar-refractivity contribution < 1.29 is 13.2 Å². The van der Waals surface area contributed by atoms with Gasteiger partial charge in [0.05, 0.1) is 22.1 Å². The molecule has 32 heavy (non-hydrogen) atoms. The number of fused-ring (bicyclic) bond motifs is 1. The van der Waals surface area contributed by atoms with E-state index in [-0.39, 0.29) is 16.8 Å². The molecule has 9 heteroatoms. The lowest BCUT2D eigenvalue weighted by Gasteiger charge is -2.34. The Hall–Kier alpha value is -3.01. The summed E-state index contributed by atoms with van der Waals surface area (Å²) >= 11 is 1.63. The zero-order chi connectivity index (χ0) is 22.3. The summed E-state index contributed by atoms with van der Waals surface area (Å²) in [6.07, 6.45) is 3.43. The van der Waals surface area contributed by atoms with E-state index in [0.717, 1.165) is 29.3 Å². The van der Waals surface area contributed by atoms with Gasteiger partial charge in [-0.25, -0.2) is 13.6 Å². The number of benzene rings is 2. The van der Waals surface area contributed by atoms with Crippen molar-refractivity contribution in [1.29, 1.82) is 0 Å². The minimum atomic E-state index is -3.83. The molecular formula is C23H22N4O3S2. The highest BCUT2D eigenvalue weighted by atomic mass is 32.2. The van der Waals surface area contributed by atoms with Crippen LogP contribution in [-0.2, 0) is 10.0 Å². The maximum atomic E-state index is 13.2. The molecular weight excluding hydrogens is 444 g/mol. The standard InChI is InChI=1S/C23H22N4O3S2/c24-32(29,30)18-6-2-5-15(11-18)22-19-12-16(7-8-20(19)26-27-22)23(28)25-21(14-3-1-4-14)17-9-10-31-13-17/h2,5-14,21H,1,3-4H2,(H,25,28)(H,26,27)(H2,24,29,30). The number of nitrogens with zero attached hydrogens (tertiary/aromatic N) is 1. The van der Waals surface area contributed by atoms with Crippen LogP contribution in [-0.4, -0.2) is 24.5 Å². The van der Waals surface area contributed by atoms with Crippen LogP contribution < -0.4 is 10.5 Å². The fourth-order valence-electron chi connectivity index (χ4n) is 4.12. The normalized spacial score (nSPS) is 15.4. The molecule has 1 saturated carbocycles. The number of nitrogens with two attached hydrogens (primary N) is 1. The first-order valence-corrected chi connectivity index (χ1v) is 12.8. The van der Waals surface area contributed by atoms with Gasteiger partial charge in [0.15, 0.2) is 0 Å². The summed E-state index contributed by atoms with van der Waals surface area (Å²) in [5.41, 5.74) is 3.60. The first-order chi connectivity index (χ1) is 15.4. The molecule has 1 atom stereocenters. The zero-order valence-electron chi connectivity index (χ0n) is 17.1. The highest BCUT2D eigenvalue weighted by Gasteiger charge is 2.30. The molecule has 0 radical (unpaired) electrons. The molecule has 0 aliphatic heterocycles. The molecule has 1 amide bonds. The Morgan fingerprint density at radius 2 is 2.03 bits per heavy atom. The Labute approximate surface area is 189 Å². The molecule has 5 rings (SSSR count). The van der Waals surface area contributed by atoms with E-state index in [2.05, 4.69) is 27.0 Å². The smallest absolute Gasteiger partial charge is 0.251 e. The van der Waals surface area contributed by atoms with E-state index in [9.17, 15) is 13.2 Å². The Morgan fingerprint density at radius 1 is 1.19 bits per heavy atom. The molecule has 2 aromatic heterocycles. The molecule has 1 aliphatic rings. The minimum absolute atomic E-state index is 0.00783. The lowest BCUT2D eigenvalue weighted by atomic mass is 9.77. The van der Waals surface area contributed by atoms with Gasteiger partial charge in [-0.1, -0.05) is 18.6 Å². The average molecular weight is 467 g/mol. The maximum Gasteiger partial charge on any atom is 0.251 e. The topological polar surface area (TPSA) is 118 Å². The van der Waals surface area contributed by atoms with E-state index in [0.29, 0.717) is 22.7 Å². The summed E-state index contributed by atoms with van der Waals surface area (Å²) in [6.45, 7) is 0. The van der Waals surface area contributed by atoms with E-state index in [1.54, 1.807) is 35.6 Å². The van der Waals surface area contributed by atoms with Crippen LogP contribution in [0.5, 0.6) is 0 Å². The van der Waals surface area contributed by atoms with Crippen LogP contribution in [0.4, 0.5) is 0 Å². The summed E-state index contributed by atoms with van der Waals surface area (Å²) in [6, 6.07) is 13.8. The SMILES string of the molecule is NS(=O)(=O)c1cccc(-c2n[nH]c3ccc(C(=O)NC(c4ccsc4)C4CCC4)cc23)c1. The maximum absolute atomic E-state index is 13.2. The summed E-state index contributed by atoms with van der Waals surface area (Å²) in [7, 11) is -3.83. The first kappa shape index (κ1) is 20.9. The van der Waals surface area contributed by atoms with Crippen molar-refractivity contribution in [3.63, 3.8) is 0 Å². The summed E-state index contributed by atoms with van der Waals surface area (Å²) in [5, 5.41) is 20.7. The van der Waals surface area contributed by atoms with Crippen molar-refractivity contribution in [2.45, 2.75) is 30.2 Å². The second-order valence-electron chi connectivity index (χ2n) is 8.10. The van der Waals surface area contributed by atoms with Gasteiger partial charge in [-0.2, -0.15) is 16.4 Å². The number of carbonyl (C=O) groups is 1. The van der Waals surface area contributed by atoms with Gasteiger partial charge in [-0.3, -0.25) is 9.89 Å². The Morgan fingerprint density at radius 3 is 2.72 bits per heavy atom. The molecule has 0 bridgehead atoms. The molecule has 0 saturated heterocycles. The number of nitrogens with one attached hydrogen (secondary N) is 2. The number of aromatic amines is 1. The molecule has 1 unspecified atom stereocenters. The Bertz CT molecular complexity index is 1390. The number of rotatable bonds is 6. The van der Waals surface area contributed by atoms with Gasteiger partial charge in [-0.15, -0.1) is 0 Å². The molecule has 4 aromatic rings. The van der Waals surface area contributed by atoms with E-state index in [1.807, 2.05) is 11.4 Å². The largest absolute Gasteiger partial charge is 0.345 e. The quantitative estimate of drug-likeness (QED) is 0.394. The van der Waals surface area contributed by atoms with Crippen LogP contribution in [0, 0.1) is 5.92 Å². The van der Waals surface area contributed by atoms with Crippen LogP contribution in [0.1, 0.15) is 41.2 Å². The predicted octanol–water partition coefficient (Wildman–Crippen LogP) is 4.21. The van der Waals surface area contributed by atoms with Crippen molar-refractivity contribution >= 4 is 38.2 Å². The lowest BCUT2D eigenvalue weighted by Crippen LogP contribution is -2.36. The van der Waals surface area contributed by atoms with Crippen molar-refractivity contribution in [2.24, 2.45) is 11.1 Å². The molecule has 1 fully saturated rings. The van der Waals surface area contributed by atoms with E-state index in [4.69, 9.17) is 5.14 Å². The third kappa shape index (κ3) is 3.94. The average Bonchev–Trinajstić information content (AvgIpc) is 3.41. The van der Waals surface area contributed by atoms with Gasteiger partial charge in [0.2, 0.25) is 10.0 Å². The third-order valence-electron chi connectivity index (χ3n) is 6.07. The fourth-order valence-corrected chi connectivity index (χ4v) is 5.37. The van der Waals surface area contributed by atoms with Crippen molar-refractivity contribution in [2.75, 3.05) is 0 Å². The van der Waals surface area contributed by atoms with Crippen LogP contribution in [0.2, 0.25) is 0 Å². The van der Waals surface area contributed by atoms with Crippen molar-refractivity contribution in [3.8, 4) is 11.3 Å². The predicted molar refractivity (Wildman–Crippen MR) is 125 cm³/mol. The highest BCUT2D eigenvalue weighted by Crippen LogP contribution is 2.38. The van der Waals surface area contributed by atoms with Crippen LogP contribution >= 0.6 is 11.3 Å². The van der Waals surface area contributed by atoms with Gasteiger partial charge in [0.25, 0.3) is 5.91 Å². The first-order valence-electron chi connectivity index (χ1n) is 10.3. The lowest BCUT2D eigenvalue weighted by molar-refractivity contribution is 0.0901. The highest BCUT2D eigenvalue weighted by molar-refractivity contribution is 7.89. The molecule has 2 aromatic carbocycles. The zero-order valence-corrected chi connectivity index (χ0v) is 18.7. The number of hydrogen-bond acceptors (Lipinski definition) is 5. The third-order valence-corrected chi connectivity index (χ3v) is 7.68. The molecule has 4 N–H and O–H groups in total. The second-order valence-corrected chi connectivity index (χ2v) is 10.4. The van der Waals surface area contributed by atoms with E-state index >= 15 is 0 Å². The van der Waals surface area contributed by atoms with Crippen molar-refractivity contribution in [1.82, 2.24) is 15.5 Å². The molecule has 164 valence electrons. The minimum Gasteiger partial charge on any atom is -0.345 e. The number of primary sulfonamides is 1. The van der Waals surface area contributed by atoms with Gasteiger partial charge in [0, 0.05) is 16.5 Å². The van der Waals surface area contributed by atoms with Gasteiger partial charge in [-0.05, 0) is 71.5 Å². The molecule has 0 spiro atoms. The summed E-state index contributed by atoms with van der Waals surface area (Å²) < 4.78 is 23.5. The van der Waals surface area contributed by atoms with Gasteiger partial charge < -0.3 is 5.32 Å². The number of thiophene rings is 1. The van der Waals surface area contributed by atoms with E-state index in [1.165, 1.54) is 18.6 Å². The van der Waals surface area contributed by atoms with Crippen molar-refractivity contribution in [3.05, 3.63) is 70.4 Å². The number of sulfonamides is 1. The number of H-pyrrole nitrogens is 1. The number of carbonyl (C=O) groups excluding carboxylic acids is 1. The number of amides is 1. The van der Waals surface area contributed by atoms with Crippen LogP contribution in [0.15, 0.2) is 64.2 Å². The van der Waals surface area contributed by atoms with Crippen LogP contribution in [0.3, 0.4) is 0 Å². The van der Waals surface area contributed by atoms with E-state index < -0.39 is 10.0 Å². The Kier molecular flexibility index (Phi) is 5.32. The van der Waals surface area contributed by atoms with Crippen LogP contribution in [0.25, 0.3) is 22.2 Å². The summed E-state index contributed by atoms with van der Waals surface area (Å²) in [5.74, 6) is 0.322. The van der Waals surface area contributed by atoms with Gasteiger partial charge in [0.1, 0.15) is 0 Å². The number of aromatic nitrogens is 2. The fraction of sp³-hybridized carbons (Fsp3) is 0.217. The van der Waals surface area contributed by atoms with Gasteiger partial charge >= 0.3 is 0 Å². The number of hydrogen-bond donors (Lipinski definition) is 3. The summed E-state index contributed by atoms with van der Waals surface area (Å²) in [4.78, 5) is 13.2.